The van der Waals surface area contributed by atoms with Crippen LogP contribution >= 0.6 is 0 Å². The van der Waals surface area contributed by atoms with Crippen LogP contribution in [0.3, 0.4) is 0 Å². The molecule has 4 heterocycles. The summed E-state index contributed by atoms with van der Waals surface area (Å²) in [5, 5.41) is 16.3. The van der Waals surface area contributed by atoms with Crippen LogP contribution < -0.4 is 10.2 Å². The van der Waals surface area contributed by atoms with Crippen LogP contribution in [0, 0.1) is 11.6 Å². The number of hydrogen-bond acceptors (Lipinski definition) is 5. The molecule has 2 aliphatic heterocycles. The molecule has 2 saturated heterocycles. The smallest absolute Gasteiger partial charge is 0.182 e. The third-order valence-corrected chi connectivity index (χ3v) is 8.43. The maximum atomic E-state index is 15.8. The van der Waals surface area contributed by atoms with Crippen molar-refractivity contribution in [3.05, 3.63) is 54.5 Å². The van der Waals surface area contributed by atoms with Crippen LogP contribution in [0.4, 0.5) is 14.5 Å². The number of nitrogens with zero attached hydrogens (tertiary/aromatic N) is 4. The number of nitrogens with one attached hydrogen (secondary N) is 2. The second kappa shape index (κ2) is 9.96. The number of halogens is 2. The molecule has 2 fully saturated rings. The monoisotopic (exact) mass is 548 g/mol. The van der Waals surface area contributed by atoms with Crippen molar-refractivity contribution in [1.29, 1.82) is 0 Å². The molecule has 40 heavy (non-hydrogen) atoms. The summed E-state index contributed by atoms with van der Waals surface area (Å²) in [6, 6.07) is 7.19. The van der Waals surface area contributed by atoms with Gasteiger partial charge in [0, 0.05) is 59.0 Å². The van der Waals surface area contributed by atoms with E-state index < -0.39 is 11.6 Å². The Morgan fingerprint density at radius 1 is 0.950 bits per heavy atom. The van der Waals surface area contributed by atoms with Crippen LogP contribution in [0.2, 0.25) is 0 Å². The number of fused-ring (bicyclic) bond motifs is 1. The molecule has 212 valence electrons. The van der Waals surface area contributed by atoms with Gasteiger partial charge in [-0.1, -0.05) is 12.1 Å². The van der Waals surface area contributed by atoms with Crippen LogP contribution in [0.1, 0.15) is 66.0 Å². The van der Waals surface area contributed by atoms with Gasteiger partial charge in [-0.2, -0.15) is 10.2 Å². The third-order valence-electron chi connectivity index (χ3n) is 8.43. The van der Waals surface area contributed by atoms with Gasteiger partial charge in [-0.05, 0) is 77.5 Å². The number of rotatable bonds is 5. The highest BCUT2D eigenvalue weighted by molar-refractivity contribution is 6.02. The summed E-state index contributed by atoms with van der Waals surface area (Å²) in [6.45, 7) is 9.36. The van der Waals surface area contributed by atoms with E-state index in [1.807, 2.05) is 41.2 Å². The fourth-order valence-electron chi connectivity index (χ4n) is 6.84. The Morgan fingerprint density at radius 3 is 2.40 bits per heavy atom. The number of piperidine rings is 1. The van der Waals surface area contributed by atoms with Crippen molar-refractivity contribution in [2.75, 3.05) is 18.6 Å². The summed E-state index contributed by atoms with van der Waals surface area (Å²) in [5.74, 6) is -1.69. The first-order valence-electron chi connectivity index (χ1n) is 14.2. The van der Waals surface area contributed by atoms with Gasteiger partial charge in [-0.15, -0.1) is 0 Å². The van der Waals surface area contributed by atoms with Crippen LogP contribution in [0.25, 0.3) is 33.2 Å². The van der Waals surface area contributed by atoms with Crippen molar-refractivity contribution in [3.63, 3.8) is 0 Å². The van der Waals surface area contributed by atoms with Gasteiger partial charge in [-0.3, -0.25) is 5.10 Å². The second-order valence-corrected chi connectivity index (χ2v) is 12.7. The van der Waals surface area contributed by atoms with E-state index in [-0.39, 0.29) is 34.6 Å². The molecule has 2 aliphatic rings. The third kappa shape index (κ3) is 4.90. The SMILES string of the molecule is CN(c1ccc(-c2ccc(-c3cnn(C4CCCCO4)c3)c3cn[nH]c23)c(F)c1F)C1CC(C)(C)NC(C)(C)C1. The van der Waals surface area contributed by atoms with Crippen molar-refractivity contribution in [2.45, 2.75) is 83.1 Å². The number of H-pyrrole nitrogens is 1. The summed E-state index contributed by atoms with van der Waals surface area (Å²) in [4.78, 5) is 1.90. The Kier molecular flexibility index (Phi) is 6.70. The minimum atomic E-state index is -0.859. The Hall–Kier alpha value is -3.30. The maximum Gasteiger partial charge on any atom is 0.182 e. The van der Waals surface area contributed by atoms with Gasteiger partial charge in [0.2, 0.25) is 0 Å². The van der Waals surface area contributed by atoms with E-state index in [0.29, 0.717) is 11.1 Å². The number of aromatic nitrogens is 4. The zero-order valence-electron chi connectivity index (χ0n) is 23.9. The van der Waals surface area contributed by atoms with Crippen LogP contribution in [0.15, 0.2) is 42.9 Å². The zero-order chi connectivity index (χ0) is 28.2. The summed E-state index contributed by atoms with van der Waals surface area (Å²) in [6.07, 6.45) is 10.2. The predicted octanol–water partition coefficient (Wildman–Crippen LogP) is 6.82. The molecule has 0 radical (unpaired) electrons. The van der Waals surface area contributed by atoms with Gasteiger partial charge in [0.05, 0.1) is 23.6 Å². The van der Waals surface area contributed by atoms with Crippen LogP contribution in [-0.2, 0) is 4.74 Å². The number of anilines is 1. The number of benzene rings is 2. The minimum Gasteiger partial charge on any atom is -0.369 e. The molecule has 7 nitrogen and oxygen atoms in total. The number of aromatic amines is 1. The largest absolute Gasteiger partial charge is 0.369 e. The average Bonchev–Trinajstić information content (AvgIpc) is 3.59. The van der Waals surface area contributed by atoms with Crippen LogP contribution in [-0.4, -0.2) is 50.8 Å². The van der Waals surface area contributed by atoms with Gasteiger partial charge in [0.25, 0.3) is 0 Å². The fraction of sp³-hybridized carbons (Fsp3) is 0.484. The molecule has 6 rings (SSSR count). The molecule has 2 aromatic heterocycles. The number of hydrogen-bond donors (Lipinski definition) is 2. The molecule has 0 bridgehead atoms. The van der Waals surface area contributed by atoms with Crippen molar-refractivity contribution < 1.29 is 13.5 Å². The first-order valence-corrected chi connectivity index (χ1v) is 14.2. The van der Waals surface area contributed by atoms with Gasteiger partial charge in [-0.25, -0.2) is 13.5 Å². The van der Waals surface area contributed by atoms with E-state index in [4.69, 9.17) is 4.74 Å². The van der Waals surface area contributed by atoms with E-state index >= 15 is 8.78 Å². The lowest BCUT2D eigenvalue weighted by molar-refractivity contribution is -0.0394. The van der Waals surface area contributed by atoms with Crippen molar-refractivity contribution in [1.82, 2.24) is 25.3 Å². The molecule has 4 aromatic rings. The molecule has 0 saturated carbocycles. The first-order chi connectivity index (χ1) is 19.0. The molecule has 1 atom stereocenters. The molecule has 2 aromatic carbocycles. The van der Waals surface area contributed by atoms with E-state index in [9.17, 15) is 0 Å². The molecule has 0 aliphatic carbocycles. The second-order valence-electron chi connectivity index (χ2n) is 12.7. The quantitative estimate of drug-likeness (QED) is 0.287. The highest BCUT2D eigenvalue weighted by atomic mass is 19.2. The van der Waals surface area contributed by atoms with Crippen molar-refractivity contribution >= 4 is 16.6 Å². The highest BCUT2D eigenvalue weighted by Gasteiger charge is 2.40. The maximum absolute atomic E-state index is 15.8. The molecule has 0 amide bonds. The summed E-state index contributed by atoms with van der Waals surface area (Å²) in [7, 11) is 1.86. The van der Waals surface area contributed by atoms with Gasteiger partial charge in [0.1, 0.15) is 6.23 Å². The van der Waals surface area contributed by atoms with Crippen LogP contribution in [0.5, 0.6) is 0 Å². The normalized spacial score (nSPS) is 21.1. The van der Waals surface area contributed by atoms with E-state index in [1.54, 1.807) is 18.3 Å². The van der Waals surface area contributed by atoms with Gasteiger partial charge < -0.3 is 15.0 Å². The predicted molar refractivity (Wildman–Crippen MR) is 154 cm³/mol. The molecule has 2 N–H and O–H groups in total. The molecule has 9 heteroatoms. The molecule has 1 unspecified atom stereocenters. The lowest BCUT2D eigenvalue weighted by atomic mass is 9.79. The number of ether oxygens (including phenoxy) is 1. The Balaban J connectivity index is 1.32. The molecular formula is C31H38F2N6O. The molecular weight excluding hydrogens is 510 g/mol. The Labute approximate surface area is 233 Å². The zero-order valence-corrected chi connectivity index (χ0v) is 23.9. The standard InChI is InChI=1S/C31H38F2N6O/c1-30(2)14-20(15-31(3,4)37-30)38(5)25-12-11-22(27(32)28(25)33)23-10-9-21(24-17-34-36-29(23)24)19-16-35-39(18-19)26-8-6-7-13-40-26/h9-12,16-18,20,26,37H,6-8,13-15H2,1-5H3,(H,34,36). The van der Waals surface area contributed by atoms with Crippen molar-refractivity contribution in [2.24, 2.45) is 0 Å². The lowest BCUT2D eigenvalue weighted by Gasteiger charge is -2.49. The summed E-state index contributed by atoms with van der Waals surface area (Å²) in [5.41, 5.74) is 3.32. The lowest BCUT2D eigenvalue weighted by Crippen LogP contribution is -2.62. The molecule has 0 spiro atoms. The summed E-state index contributed by atoms with van der Waals surface area (Å²) >= 11 is 0. The summed E-state index contributed by atoms with van der Waals surface area (Å²) < 4.78 is 39.2. The highest BCUT2D eigenvalue weighted by Crippen LogP contribution is 2.39. The average molecular weight is 549 g/mol. The topological polar surface area (TPSA) is 71.0 Å². The van der Waals surface area contributed by atoms with E-state index in [1.165, 1.54) is 0 Å². The van der Waals surface area contributed by atoms with Gasteiger partial charge >= 0.3 is 0 Å². The van der Waals surface area contributed by atoms with E-state index in [0.717, 1.165) is 55.2 Å². The van der Waals surface area contributed by atoms with Gasteiger partial charge in [0.15, 0.2) is 11.6 Å². The Bertz CT molecular complexity index is 1520. The first kappa shape index (κ1) is 26.9. The van der Waals surface area contributed by atoms with Crippen molar-refractivity contribution in [3.8, 4) is 22.3 Å². The van der Waals surface area contributed by atoms with E-state index in [2.05, 4.69) is 48.3 Å². The fourth-order valence-corrected chi connectivity index (χ4v) is 6.84. The Morgan fingerprint density at radius 2 is 1.68 bits per heavy atom. The minimum absolute atomic E-state index is 0.0580.